The van der Waals surface area contributed by atoms with Crippen LogP contribution in [0.3, 0.4) is 0 Å². The van der Waals surface area contributed by atoms with Gasteiger partial charge in [0.15, 0.2) is 0 Å². The first-order valence-corrected chi connectivity index (χ1v) is 14.0. The van der Waals surface area contributed by atoms with Gasteiger partial charge in [-0.05, 0) is 76.9 Å². The number of carbonyl (C=O) groups excluding carboxylic acids is 1. The van der Waals surface area contributed by atoms with Crippen molar-refractivity contribution in [3.8, 4) is 0 Å². The van der Waals surface area contributed by atoms with Crippen LogP contribution < -0.4 is 5.32 Å². The molecule has 10 nitrogen and oxygen atoms in total. The minimum Gasteiger partial charge on any atom is -0.386 e. The summed E-state index contributed by atoms with van der Waals surface area (Å²) in [4.78, 5) is 21.8. The van der Waals surface area contributed by atoms with E-state index >= 15 is 0 Å². The SMILES string of the molecule is [C-]#[N+]c1cnn2c(C(=O)Nc3cc4cn(C5CCC(N6CCN(C)CC6)CC5)nc4cc3C(C)(C)O)ccc2c1. The van der Waals surface area contributed by atoms with Crippen LogP contribution in [0.5, 0.6) is 0 Å². The number of benzene rings is 1. The molecule has 0 unspecified atom stereocenters. The van der Waals surface area contributed by atoms with Gasteiger partial charge < -0.3 is 15.3 Å². The molecular weight excluding hydrogens is 504 g/mol. The Balaban J connectivity index is 1.23. The van der Waals surface area contributed by atoms with Gasteiger partial charge in [-0.25, -0.2) is 9.36 Å². The van der Waals surface area contributed by atoms with Gasteiger partial charge in [-0.15, -0.1) is 0 Å². The number of rotatable bonds is 5. The molecule has 0 bridgehead atoms. The molecule has 0 radical (unpaired) electrons. The van der Waals surface area contributed by atoms with Crippen LogP contribution in [0.15, 0.2) is 42.7 Å². The number of anilines is 1. The summed E-state index contributed by atoms with van der Waals surface area (Å²) in [6, 6.07) is 9.93. The number of fused-ring (bicyclic) bond motifs is 2. The van der Waals surface area contributed by atoms with Crippen molar-refractivity contribution in [1.29, 1.82) is 0 Å². The number of likely N-dealkylation sites (N-methyl/N-ethyl adjacent to an activating group) is 1. The first kappa shape index (κ1) is 26.4. The first-order chi connectivity index (χ1) is 19.2. The summed E-state index contributed by atoms with van der Waals surface area (Å²) in [5, 5.41) is 24.1. The molecule has 3 aromatic heterocycles. The standard InChI is InChI=1S/C30H36N8O2/c1-30(2,40)25-17-26-20(15-27(25)33-29(39)28-10-9-24-16-21(31-3)18-32-38(24)28)19-37(34-26)23-7-5-22(6-8-23)36-13-11-35(4)12-14-36/h9-10,15-19,22-23,40H,5-8,11-14H2,1-2,4H3,(H,33,39). The van der Waals surface area contributed by atoms with E-state index in [0.717, 1.165) is 49.9 Å². The quantitative estimate of drug-likeness (QED) is 0.364. The maximum Gasteiger partial charge on any atom is 0.274 e. The molecule has 10 heteroatoms. The minimum atomic E-state index is -1.19. The van der Waals surface area contributed by atoms with Gasteiger partial charge in [-0.1, -0.05) is 0 Å². The topological polar surface area (TPSA) is 95.3 Å². The normalized spacial score (nSPS) is 21.1. The fraction of sp³-hybridized carbons (Fsp3) is 0.467. The lowest BCUT2D eigenvalue weighted by Gasteiger charge is -2.41. The van der Waals surface area contributed by atoms with E-state index in [1.165, 1.54) is 23.6 Å². The zero-order valence-electron chi connectivity index (χ0n) is 23.3. The average molecular weight is 541 g/mol. The maximum atomic E-state index is 13.3. The van der Waals surface area contributed by atoms with E-state index in [-0.39, 0.29) is 5.91 Å². The summed E-state index contributed by atoms with van der Waals surface area (Å²) in [6.07, 6.45) is 8.06. The molecule has 1 aliphatic heterocycles. The van der Waals surface area contributed by atoms with Crippen LogP contribution in [-0.2, 0) is 5.60 Å². The molecular formula is C30H36N8O2. The van der Waals surface area contributed by atoms with Gasteiger partial charge in [0.25, 0.3) is 5.91 Å². The Morgan fingerprint density at radius 2 is 1.80 bits per heavy atom. The van der Waals surface area contributed by atoms with Crippen LogP contribution in [0, 0.1) is 6.57 Å². The molecule has 4 aromatic rings. The molecule has 1 saturated heterocycles. The number of hydrogen-bond donors (Lipinski definition) is 2. The summed E-state index contributed by atoms with van der Waals surface area (Å²) in [6.45, 7) is 15.2. The summed E-state index contributed by atoms with van der Waals surface area (Å²) < 4.78 is 3.60. The van der Waals surface area contributed by atoms with Gasteiger partial charge in [0.05, 0.1) is 35.4 Å². The number of aromatic nitrogens is 4. The van der Waals surface area contributed by atoms with E-state index in [0.29, 0.717) is 40.2 Å². The highest BCUT2D eigenvalue weighted by Gasteiger charge is 2.29. The van der Waals surface area contributed by atoms with Crippen molar-refractivity contribution >= 4 is 33.7 Å². The van der Waals surface area contributed by atoms with Gasteiger partial charge >= 0.3 is 0 Å². The second kappa shape index (κ2) is 10.3. The largest absolute Gasteiger partial charge is 0.386 e. The summed E-state index contributed by atoms with van der Waals surface area (Å²) in [5.41, 5.74) is 2.18. The van der Waals surface area contributed by atoms with Crippen LogP contribution in [0.1, 0.15) is 61.6 Å². The number of nitrogens with zero attached hydrogens (tertiary/aromatic N) is 7. The molecule has 0 atom stereocenters. The van der Waals surface area contributed by atoms with Crippen LogP contribution in [0.25, 0.3) is 21.3 Å². The second-order valence-electron chi connectivity index (χ2n) is 11.8. The van der Waals surface area contributed by atoms with Gasteiger partial charge in [-0.3, -0.25) is 14.4 Å². The summed E-state index contributed by atoms with van der Waals surface area (Å²) in [5.74, 6) is -0.345. The highest BCUT2D eigenvalue weighted by Crippen LogP contribution is 2.35. The van der Waals surface area contributed by atoms with Crippen molar-refractivity contribution < 1.29 is 9.90 Å². The molecule has 2 aliphatic rings. The molecule has 2 fully saturated rings. The fourth-order valence-corrected chi connectivity index (χ4v) is 6.17. The summed E-state index contributed by atoms with van der Waals surface area (Å²) in [7, 11) is 2.20. The Hall–Kier alpha value is -3.78. The average Bonchev–Trinajstić information content (AvgIpc) is 3.56. The number of amides is 1. The number of nitrogens with one attached hydrogen (secondary N) is 1. The Labute approximate surface area is 234 Å². The highest BCUT2D eigenvalue weighted by atomic mass is 16.3. The van der Waals surface area contributed by atoms with Crippen molar-refractivity contribution in [2.75, 3.05) is 38.5 Å². The van der Waals surface area contributed by atoms with Crippen LogP contribution in [0.2, 0.25) is 0 Å². The van der Waals surface area contributed by atoms with Crippen molar-refractivity contribution in [3.63, 3.8) is 0 Å². The molecule has 0 spiro atoms. The van der Waals surface area contributed by atoms with Crippen LogP contribution >= 0.6 is 0 Å². The summed E-state index contributed by atoms with van der Waals surface area (Å²) >= 11 is 0. The van der Waals surface area contributed by atoms with E-state index < -0.39 is 5.60 Å². The lowest BCUT2D eigenvalue weighted by molar-refractivity contribution is 0.0793. The molecule has 1 saturated carbocycles. The molecule has 2 N–H and O–H groups in total. The molecule has 208 valence electrons. The Morgan fingerprint density at radius 3 is 2.50 bits per heavy atom. The molecule has 1 aromatic carbocycles. The molecule has 6 rings (SSSR count). The smallest absolute Gasteiger partial charge is 0.274 e. The van der Waals surface area contributed by atoms with Gasteiger partial charge in [-0.2, -0.15) is 10.2 Å². The number of carbonyl (C=O) groups is 1. The maximum absolute atomic E-state index is 13.3. The Kier molecular flexibility index (Phi) is 6.82. The van der Waals surface area contributed by atoms with E-state index in [1.54, 1.807) is 32.0 Å². The number of piperazine rings is 1. The van der Waals surface area contributed by atoms with Gasteiger partial charge in [0.1, 0.15) is 5.69 Å². The van der Waals surface area contributed by atoms with E-state index in [1.807, 2.05) is 12.1 Å². The van der Waals surface area contributed by atoms with E-state index in [2.05, 4.69) is 43.0 Å². The van der Waals surface area contributed by atoms with Crippen molar-refractivity contribution in [2.45, 2.75) is 57.2 Å². The molecule has 1 amide bonds. The minimum absolute atomic E-state index is 0.345. The lowest BCUT2D eigenvalue weighted by Crippen LogP contribution is -2.49. The molecule has 40 heavy (non-hydrogen) atoms. The van der Waals surface area contributed by atoms with Crippen LogP contribution in [0.4, 0.5) is 11.4 Å². The fourth-order valence-electron chi connectivity index (χ4n) is 6.17. The Morgan fingerprint density at radius 1 is 1.07 bits per heavy atom. The third-order valence-electron chi connectivity index (χ3n) is 8.51. The van der Waals surface area contributed by atoms with E-state index in [4.69, 9.17) is 11.7 Å². The predicted octanol–water partition coefficient (Wildman–Crippen LogP) is 4.45. The lowest BCUT2D eigenvalue weighted by atomic mass is 9.90. The van der Waals surface area contributed by atoms with Crippen molar-refractivity contribution in [1.82, 2.24) is 29.2 Å². The third kappa shape index (κ3) is 5.08. The Bertz CT molecular complexity index is 1590. The van der Waals surface area contributed by atoms with Gasteiger partial charge in [0.2, 0.25) is 5.69 Å². The highest BCUT2D eigenvalue weighted by molar-refractivity contribution is 6.05. The van der Waals surface area contributed by atoms with Crippen LogP contribution in [-0.4, -0.2) is 79.5 Å². The van der Waals surface area contributed by atoms with Crippen molar-refractivity contribution in [2.24, 2.45) is 0 Å². The van der Waals surface area contributed by atoms with E-state index in [9.17, 15) is 9.90 Å². The molecule has 1 aliphatic carbocycles. The van der Waals surface area contributed by atoms with Crippen molar-refractivity contribution in [3.05, 3.63) is 65.4 Å². The second-order valence-corrected chi connectivity index (χ2v) is 11.8. The number of hydrogen-bond acceptors (Lipinski definition) is 6. The first-order valence-electron chi connectivity index (χ1n) is 14.0. The third-order valence-corrected chi connectivity index (χ3v) is 8.51. The predicted molar refractivity (Wildman–Crippen MR) is 155 cm³/mol. The number of aliphatic hydroxyl groups is 1. The zero-order valence-corrected chi connectivity index (χ0v) is 23.3. The zero-order chi connectivity index (χ0) is 28.0. The monoisotopic (exact) mass is 540 g/mol. The molecule has 4 heterocycles. The van der Waals surface area contributed by atoms with Gasteiger partial charge in [0, 0.05) is 55.1 Å².